The Morgan fingerprint density at radius 2 is 2.50 bits per heavy atom. The van der Waals surface area contributed by atoms with Crippen LogP contribution in [0.5, 0.6) is 0 Å². The fourth-order valence-corrected chi connectivity index (χ4v) is 0.259. The summed E-state index contributed by atoms with van der Waals surface area (Å²) in [7, 11) is 0. The number of carbonyl (C=O) groups is 1. The molecule has 2 N–H and O–H groups in total. The Morgan fingerprint density at radius 3 is 2.62 bits per heavy atom. The van der Waals surface area contributed by atoms with Crippen LogP contribution in [-0.2, 0) is 9.53 Å². The predicted octanol–water partition coefficient (Wildman–Crippen LogP) is -0.289. The molecule has 0 aliphatic heterocycles. The predicted molar refractivity (Wildman–Crippen MR) is 30.0 cm³/mol. The lowest BCUT2D eigenvalue weighted by molar-refractivity contribution is -0.127. The van der Waals surface area contributed by atoms with Crippen molar-refractivity contribution < 1.29 is 9.53 Å². The van der Waals surface area contributed by atoms with Crippen molar-refractivity contribution in [1.82, 2.24) is 0 Å². The zero-order chi connectivity index (χ0) is 6.57. The van der Waals surface area contributed by atoms with Crippen LogP contribution in [0.15, 0.2) is 0 Å². The number of hydrogen-bond acceptors (Lipinski definition) is 2. The molecule has 3 nitrogen and oxygen atoms in total. The summed E-state index contributed by atoms with van der Waals surface area (Å²) >= 11 is 0. The van der Waals surface area contributed by atoms with E-state index >= 15 is 0 Å². The zero-order valence-electron chi connectivity index (χ0n) is 4.89. The number of hydrogen-bond donors (Lipinski definition) is 1. The van der Waals surface area contributed by atoms with Crippen molar-refractivity contribution in [2.75, 3.05) is 6.61 Å². The molecule has 1 radical (unpaired) electrons. The van der Waals surface area contributed by atoms with Crippen LogP contribution in [0, 0.1) is 6.92 Å². The first kappa shape index (κ1) is 7.43. The second-order valence-corrected chi connectivity index (χ2v) is 1.42. The van der Waals surface area contributed by atoms with Crippen LogP contribution in [0.1, 0.15) is 6.92 Å². The van der Waals surface area contributed by atoms with Gasteiger partial charge in [0.25, 0.3) is 0 Å². The van der Waals surface area contributed by atoms with E-state index in [1.807, 2.05) is 0 Å². The summed E-state index contributed by atoms with van der Waals surface area (Å²) in [4.78, 5) is 10.2. The van der Waals surface area contributed by atoms with E-state index in [2.05, 4.69) is 6.92 Å². The lowest BCUT2D eigenvalue weighted by Gasteiger charge is -2.04. The van der Waals surface area contributed by atoms with Gasteiger partial charge in [-0.3, -0.25) is 4.79 Å². The van der Waals surface area contributed by atoms with Gasteiger partial charge in [0.2, 0.25) is 5.91 Å². The Kier molecular flexibility index (Phi) is 3.19. The minimum atomic E-state index is -0.507. The maximum absolute atomic E-state index is 10.2. The number of amides is 1. The van der Waals surface area contributed by atoms with Crippen LogP contribution in [0.25, 0.3) is 0 Å². The minimum Gasteiger partial charge on any atom is -0.369 e. The van der Waals surface area contributed by atoms with E-state index < -0.39 is 12.0 Å². The lowest BCUT2D eigenvalue weighted by Crippen LogP contribution is -2.28. The molecule has 0 fully saturated rings. The van der Waals surface area contributed by atoms with Gasteiger partial charge in [-0.15, -0.1) is 0 Å². The van der Waals surface area contributed by atoms with Crippen molar-refractivity contribution in [2.24, 2.45) is 5.73 Å². The smallest absolute Gasteiger partial charge is 0.246 e. The van der Waals surface area contributed by atoms with Gasteiger partial charge < -0.3 is 10.5 Å². The van der Waals surface area contributed by atoms with Gasteiger partial charge in [-0.2, -0.15) is 0 Å². The third kappa shape index (κ3) is 2.58. The van der Waals surface area contributed by atoms with E-state index in [1.54, 1.807) is 6.92 Å². The molecular weight excluding hydrogens is 106 g/mol. The van der Waals surface area contributed by atoms with Gasteiger partial charge in [-0.25, -0.2) is 0 Å². The molecule has 0 saturated heterocycles. The number of ether oxygens (including phenoxy) is 1. The number of nitrogens with two attached hydrogens (primary N) is 1. The molecule has 0 aromatic rings. The summed E-state index contributed by atoms with van der Waals surface area (Å²) in [5.41, 5.74) is 4.83. The maximum Gasteiger partial charge on any atom is 0.246 e. The molecule has 1 unspecified atom stereocenters. The Balaban J connectivity index is 3.32. The highest BCUT2D eigenvalue weighted by atomic mass is 16.5. The number of carbonyl (C=O) groups excluding carboxylic acids is 1. The molecule has 1 atom stereocenters. The Labute approximate surface area is 48.8 Å². The van der Waals surface area contributed by atoms with Gasteiger partial charge >= 0.3 is 0 Å². The van der Waals surface area contributed by atoms with E-state index in [0.29, 0.717) is 0 Å². The van der Waals surface area contributed by atoms with Crippen LogP contribution in [0.3, 0.4) is 0 Å². The molecular formula is C5H10NO2. The molecule has 3 heteroatoms. The summed E-state index contributed by atoms with van der Waals surface area (Å²) in [5.74, 6) is -0.450. The van der Waals surface area contributed by atoms with Crippen molar-refractivity contribution >= 4 is 5.91 Å². The molecule has 0 heterocycles. The fraction of sp³-hybridized carbons (Fsp3) is 0.600. The Hall–Kier alpha value is -0.570. The van der Waals surface area contributed by atoms with Crippen molar-refractivity contribution in [3.63, 3.8) is 0 Å². The first-order valence-electron chi connectivity index (χ1n) is 2.38. The molecule has 0 aromatic carbocycles. The second-order valence-electron chi connectivity index (χ2n) is 1.42. The monoisotopic (exact) mass is 116 g/mol. The minimum absolute atomic E-state index is 0.282. The van der Waals surface area contributed by atoms with Crippen molar-refractivity contribution in [2.45, 2.75) is 13.0 Å². The Bertz CT molecular complexity index is 82.5. The first-order valence-corrected chi connectivity index (χ1v) is 2.38. The highest BCUT2D eigenvalue weighted by Gasteiger charge is 2.05. The van der Waals surface area contributed by atoms with Gasteiger partial charge in [0.1, 0.15) is 6.10 Å². The van der Waals surface area contributed by atoms with E-state index in [-0.39, 0.29) is 6.61 Å². The summed E-state index contributed by atoms with van der Waals surface area (Å²) in [5, 5.41) is 0. The summed E-state index contributed by atoms with van der Waals surface area (Å²) < 4.78 is 4.72. The Morgan fingerprint density at radius 1 is 2.00 bits per heavy atom. The van der Waals surface area contributed by atoms with E-state index in [0.717, 1.165) is 0 Å². The molecule has 0 aromatic heterocycles. The van der Waals surface area contributed by atoms with Crippen LogP contribution in [0.2, 0.25) is 0 Å². The van der Waals surface area contributed by atoms with Gasteiger partial charge in [-0.1, -0.05) is 0 Å². The molecule has 0 aliphatic carbocycles. The third-order valence-corrected chi connectivity index (χ3v) is 0.769. The first-order chi connectivity index (χ1) is 3.68. The molecule has 0 spiro atoms. The second kappa shape index (κ2) is 3.43. The van der Waals surface area contributed by atoms with Crippen LogP contribution < -0.4 is 5.73 Å². The largest absolute Gasteiger partial charge is 0.369 e. The van der Waals surface area contributed by atoms with Crippen molar-refractivity contribution in [1.29, 1.82) is 0 Å². The zero-order valence-corrected chi connectivity index (χ0v) is 4.89. The standard InChI is InChI=1S/C5H10NO2/c1-3-8-4(2)5(6)7/h4H,1,3H2,2H3,(H2,6,7). The highest BCUT2D eigenvalue weighted by molar-refractivity contribution is 5.78. The maximum atomic E-state index is 10.2. The molecule has 0 saturated carbocycles. The molecule has 0 rings (SSSR count). The molecule has 8 heavy (non-hydrogen) atoms. The average Bonchev–Trinajstić information content (AvgIpc) is 1.67. The molecule has 1 amide bonds. The van der Waals surface area contributed by atoms with E-state index in [1.165, 1.54) is 0 Å². The van der Waals surface area contributed by atoms with Crippen LogP contribution in [0.4, 0.5) is 0 Å². The van der Waals surface area contributed by atoms with Gasteiger partial charge in [0.15, 0.2) is 0 Å². The molecule has 0 aliphatic rings. The quantitative estimate of drug-likeness (QED) is 0.551. The third-order valence-electron chi connectivity index (χ3n) is 0.769. The highest BCUT2D eigenvalue weighted by Crippen LogP contribution is 1.85. The summed E-state index contributed by atoms with van der Waals surface area (Å²) in [6.45, 7) is 5.25. The number of primary amides is 1. The van der Waals surface area contributed by atoms with Gasteiger partial charge in [0.05, 0.1) is 0 Å². The van der Waals surface area contributed by atoms with Gasteiger partial charge in [-0.05, 0) is 13.8 Å². The van der Waals surface area contributed by atoms with Crippen LogP contribution >= 0.6 is 0 Å². The SMILES string of the molecule is [CH2]COC(C)C(N)=O. The van der Waals surface area contributed by atoms with Crippen molar-refractivity contribution in [3.05, 3.63) is 6.92 Å². The summed E-state index contributed by atoms with van der Waals surface area (Å²) in [6.07, 6.45) is -0.507. The van der Waals surface area contributed by atoms with E-state index in [9.17, 15) is 4.79 Å². The average molecular weight is 116 g/mol. The van der Waals surface area contributed by atoms with Crippen molar-refractivity contribution in [3.8, 4) is 0 Å². The lowest BCUT2D eigenvalue weighted by atomic mass is 10.4. The summed E-state index contributed by atoms with van der Waals surface area (Å²) in [6, 6.07) is 0. The topological polar surface area (TPSA) is 52.3 Å². The normalized spacial score (nSPS) is 13.2. The molecule has 0 bridgehead atoms. The fourth-order valence-electron chi connectivity index (χ4n) is 0.259. The van der Waals surface area contributed by atoms with E-state index in [4.69, 9.17) is 10.5 Å². The molecule has 47 valence electrons. The van der Waals surface area contributed by atoms with Gasteiger partial charge in [0, 0.05) is 6.61 Å². The van der Waals surface area contributed by atoms with Crippen LogP contribution in [-0.4, -0.2) is 18.6 Å². The number of rotatable bonds is 3.